The molecule has 1 unspecified atom stereocenters. The largest absolute Gasteiger partial charge is 0.399 e. The van der Waals surface area contributed by atoms with Crippen LogP contribution in [0.15, 0.2) is 18.2 Å². The van der Waals surface area contributed by atoms with Gasteiger partial charge in [-0.1, -0.05) is 19.9 Å². The maximum Gasteiger partial charge on any atom is 0.0641 e. The Balaban J connectivity index is 2.30. The Bertz CT molecular complexity index is 429. The molecule has 3 nitrogen and oxygen atoms in total. The second-order valence-corrected chi connectivity index (χ2v) is 5.56. The molecule has 2 rings (SSSR count). The maximum atomic E-state index is 5.92. The standard InChI is InChI=1S/C15H24N2O/c1-5-18-9-8-17-11(2)15(3,4)13-7-6-12(16)10-14(13)17/h6-7,10-11H,5,8-9,16H2,1-4H3. The topological polar surface area (TPSA) is 38.5 Å². The zero-order valence-corrected chi connectivity index (χ0v) is 11.9. The number of ether oxygens (including phenoxy) is 1. The molecule has 1 heterocycles. The molecule has 0 saturated heterocycles. The minimum atomic E-state index is 0.162. The summed E-state index contributed by atoms with van der Waals surface area (Å²) in [6.45, 7) is 11.4. The summed E-state index contributed by atoms with van der Waals surface area (Å²) >= 11 is 0. The highest BCUT2D eigenvalue weighted by molar-refractivity contribution is 5.68. The van der Waals surface area contributed by atoms with Crippen molar-refractivity contribution in [2.75, 3.05) is 30.4 Å². The molecule has 100 valence electrons. The van der Waals surface area contributed by atoms with E-state index in [-0.39, 0.29) is 5.41 Å². The number of rotatable bonds is 4. The molecule has 0 radical (unpaired) electrons. The number of hydrogen-bond donors (Lipinski definition) is 1. The van der Waals surface area contributed by atoms with Gasteiger partial charge in [-0.3, -0.25) is 0 Å². The summed E-state index contributed by atoms with van der Waals surface area (Å²) < 4.78 is 5.48. The Labute approximate surface area is 110 Å². The average Bonchev–Trinajstić information content (AvgIpc) is 2.50. The van der Waals surface area contributed by atoms with Crippen molar-refractivity contribution in [3.63, 3.8) is 0 Å². The predicted octanol–water partition coefficient (Wildman–Crippen LogP) is 2.79. The van der Waals surface area contributed by atoms with Gasteiger partial charge in [-0.2, -0.15) is 0 Å². The Morgan fingerprint density at radius 3 is 2.78 bits per heavy atom. The first-order valence-electron chi connectivity index (χ1n) is 6.73. The van der Waals surface area contributed by atoms with E-state index in [9.17, 15) is 0 Å². The van der Waals surface area contributed by atoms with E-state index >= 15 is 0 Å². The number of fused-ring (bicyclic) bond motifs is 1. The number of benzene rings is 1. The van der Waals surface area contributed by atoms with E-state index in [2.05, 4.69) is 37.8 Å². The van der Waals surface area contributed by atoms with Crippen LogP contribution in [0.4, 0.5) is 11.4 Å². The fourth-order valence-corrected chi connectivity index (χ4v) is 2.78. The monoisotopic (exact) mass is 248 g/mol. The number of nitrogens with two attached hydrogens (primary N) is 1. The van der Waals surface area contributed by atoms with Crippen LogP contribution in [-0.4, -0.2) is 25.8 Å². The highest BCUT2D eigenvalue weighted by Crippen LogP contribution is 2.45. The van der Waals surface area contributed by atoms with Crippen LogP contribution < -0.4 is 10.6 Å². The lowest BCUT2D eigenvalue weighted by molar-refractivity contribution is 0.152. The number of hydrogen-bond acceptors (Lipinski definition) is 3. The van der Waals surface area contributed by atoms with Gasteiger partial charge in [0.15, 0.2) is 0 Å². The molecule has 0 amide bonds. The van der Waals surface area contributed by atoms with Crippen molar-refractivity contribution < 1.29 is 4.74 Å². The molecule has 0 spiro atoms. The quantitative estimate of drug-likeness (QED) is 0.658. The lowest BCUT2D eigenvalue weighted by Gasteiger charge is -2.31. The van der Waals surface area contributed by atoms with Crippen LogP contribution in [0.1, 0.15) is 33.3 Å². The first kappa shape index (κ1) is 13.2. The van der Waals surface area contributed by atoms with Gasteiger partial charge in [0.1, 0.15) is 0 Å². The van der Waals surface area contributed by atoms with Crippen molar-refractivity contribution in [1.82, 2.24) is 0 Å². The van der Waals surface area contributed by atoms with Crippen molar-refractivity contribution >= 4 is 11.4 Å². The van der Waals surface area contributed by atoms with E-state index < -0.39 is 0 Å². The summed E-state index contributed by atoms with van der Waals surface area (Å²) in [6, 6.07) is 6.73. The Hall–Kier alpha value is -1.22. The first-order valence-corrected chi connectivity index (χ1v) is 6.73. The molecule has 1 aliphatic heterocycles. The maximum absolute atomic E-state index is 5.92. The van der Waals surface area contributed by atoms with Crippen molar-refractivity contribution in [2.45, 2.75) is 39.2 Å². The fourth-order valence-electron chi connectivity index (χ4n) is 2.78. The van der Waals surface area contributed by atoms with Gasteiger partial charge in [-0.15, -0.1) is 0 Å². The first-order chi connectivity index (χ1) is 8.48. The van der Waals surface area contributed by atoms with Gasteiger partial charge in [0.05, 0.1) is 6.61 Å². The lowest BCUT2D eigenvalue weighted by Crippen LogP contribution is -2.40. The summed E-state index contributed by atoms with van der Waals surface area (Å²) in [7, 11) is 0. The molecule has 0 fully saturated rings. The summed E-state index contributed by atoms with van der Waals surface area (Å²) in [6.07, 6.45) is 0. The third-order valence-electron chi connectivity index (χ3n) is 4.22. The predicted molar refractivity (Wildman–Crippen MR) is 77.2 cm³/mol. The summed E-state index contributed by atoms with van der Waals surface area (Å²) in [5.41, 5.74) is 9.58. The molecular formula is C15H24N2O. The van der Waals surface area contributed by atoms with Crippen LogP contribution in [0.5, 0.6) is 0 Å². The smallest absolute Gasteiger partial charge is 0.0641 e. The minimum Gasteiger partial charge on any atom is -0.399 e. The van der Waals surface area contributed by atoms with Crippen LogP contribution in [-0.2, 0) is 10.2 Å². The summed E-state index contributed by atoms with van der Waals surface area (Å²) in [5, 5.41) is 0. The van der Waals surface area contributed by atoms with E-state index in [0.717, 1.165) is 25.4 Å². The molecule has 1 aromatic rings. The average molecular weight is 248 g/mol. The van der Waals surface area contributed by atoms with Crippen molar-refractivity contribution in [3.05, 3.63) is 23.8 Å². The van der Waals surface area contributed by atoms with Crippen LogP contribution in [0.25, 0.3) is 0 Å². The second kappa shape index (κ2) is 4.81. The third kappa shape index (κ3) is 2.07. The summed E-state index contributed by atoms with van der Waals surface area (Å²) in [5.74, 6) is 0. The van der Waals surface area contributed by atoms with Crippen molar-refractivity contribution in [1.29, 1.82) is 0 Å². The van der Waals surface area contributed by atoms with Gasteiger partial charge >= 0.3 is 0 Å². The Morgan fingerprint density at radius 2 is 2.11 bits per heavy atom. The van der Waals surface area contributed by atoms with E-state index in [1.165, 1.54) is 11.3 Å². The second-order valence-electron chi connectivity index (χ2n) is 5.56. The molecular weight excluding hydrogens is 224 g/mol. The molecule has 1 aliphatic rings. The number of nitrogens with zero attached hydrogens (tertiary/aromatic N) is 1. The fraction of sp³-hybridized carbons (Fsp3) is 0.600. The van der Waals surface area contributed by atoms with Crippen LogP contribution in [0.3, 0.4) is 0 Å². The van der Waals surface area contributed by atoms with Gasteiger partial charge in [0.25, 0.3) is 0 Å². The molecule has 0 aliphatic carbocycles. The van der Waals surface area contributed by atoms with Gasteiger partial charge in [-0.05, 0) is 31.5 Å². The molecule has 0 saturated carbocycles. The zero-order chi connectivity index (χ0) is 13.3. The van der Waals surface area contributed by atoms with Crippen molar-refractivity contribution in [3.8, 4) is 0 Å². The Morgan fingerprint density at radius 1 is 1.39 bits per heavy atom. The van der Waals surface area contributed by atoms with Crippen LogP contribution in [0.2, 0.25) is 0 Å². The van der Waals surface area contributed by atoms with Gasteiger partial charge in [-0.25, -0.2) is 0 Å². The minimum absolute atomic E-state index is 0.162. The van der Waals surface area contributed by atoms with Crippen molar-refractivity contribution in [2.24, 2.45) is 0 Å². The Kier molecular flexibility index (Phi) is 3.53. The third-order valence-corrected chi connectivity index (χ3v) is 4.22. The molecule has 0 aromatic heterocycles. The molecule has 0 bridgehead atoms. The number of nitrogen functional groups attached to an aromatic ring is 1. The van der Waals surface area contributed by atoms with E-state index in [4.69, 9.17) is 10.5 Å². The highest BCUT2D eigenvalue weighted by atomic mass is 16.5. The van der Waals surface area contributed by atoms with Crippen LogP contribution in [0, 0.1) is 0 Å². The van der Waals surface area contributed by atoms with Crippen LogP contribution >= 0.6 is 0 Å². The number of anilines is 2. The van der Waals surface area contributed by atoms with Gasteiger partial charge in [0.2, 0.25) is 0 Å². The molecule has 1 atom stereocenters. The summed E-state index contributed by atoms with van der Waals surface area (Å²) in [4.78, 5) is 2.42. The highest BCUT2D eigenvalue weighted by Gasteiger charge is 2.41. The molecule has 3 heteroatoms. The van der Waals surface area contributed by atoms with E-state index in [1.54, 1.807) is 0 Å². The molecule has 1 aromatic carbocycles. The molecule has 2 N–H and O–H groups in total. The molecule has 18 heavy (non-hydrogen) atoms. The normalized spacial score (nSPS) is 21.1. The lowest BCUT2D eigenvalue weighted by atomic mass is 9.81. The van der Waals surface area contributed by atoms with Gasteiger partial charge < -0.3 is 15.4 Å². The van der Waals surface area contributed by atoms with E-state index in [1.807, 2.05) is 13.0 Å². The zero-order valence-electron chi connectivity index (χ0n) is 11.9. The van der Waals surface area contributed by atoms with E-state index in [0.29, 0.717) is 6.04 Å². The SMILES string of the molecule is CCOCCN1c2cc(N)ccc2C(C)(C)C1C. The van der Waals surface area contributed by atoms with Gasteiger partial charge in [0, 0.05) is 36.0 Å².